The van der Waals surface area contributed by atoms with Gasteiger partial charge in [0.25, 0.3) is 0 Å². The number of aryl methyl sites for hydroxylation is 1. The number of rotatable bonds is 9. The van der Waals surface area contributed by atoms with Crippen LogP contribution in [0.3, 0.4) is 0 Å². The molecule has 0 fully saturated rings. The molecule has 8 heteroatoms. The van der Waals surface area contributed by atoms with Gasteiger partial charge in [0.2, 0.25) is 10.0 Å². The maximum Gasteiger partial charge on any atom is 0.209 e. The van der Waals surface area contributed by atoms with Gasteiger partial charge in [-0.1, -0.05) is 12.1 Å². The Morgan fingerprint density at radius 1 is 1.26 bits per heavy atom. The number of hydrogen-bond acceptors (Lipinski definition) is 4. The van der Waals surface area contributed by atoms with Crippen molar-refractivity contribution in [3.63, 3.8) is 0 Å². The highest BCUT2D eigenvalue weighted by Gasteiger charge is 2.22. The first-order valence-electron chi connectivity index (χ1n) is 9.19. The van der Waals surface area contributed by atoms with E-state index in [-0.39, 0.29) is 6.10 Å². The van der Waals surface area contributed by atoms with Crippen LogP contribution in [0.1, 0.15) is 45.7 Å². The molecule has 154 valence electrons. The Morgan fingerprint density at radius 3 is 2.48 bits per heavy atom. The molecule has 27 heavy (non-hydrogen) atoms. The van der Waals surface area contributed by atoms with E-state index in [0.29, 0.717) is 25.6 Å². The summed E-state index contributed by atoms with van der Waals surface area (Å²) in [5.41, 5.74) is 1.50. The third-order valence-electron chi connectivity index (χ3n) is 3.50. The third kappa shape index (κ3) is 9.63. The molecule has 1 rings (SSSR count). The van der Waals surface area contributed by atoms with Crippen LogP contribution in [0.5, 0.6) is 5.75 Å². The van der Waals surface area contributed by atoms with Gasteiger partial charge in [0, 0.05) is 24.2 Å². The van der Waals surface area contributed by atoms with E-state index in [9.17, 15) is 8.42 Å². The summed E-state index contributed by atoms with van der Waals surface area (Å²) in [6, 6.07) is 6.08. The summed E-state index contributed by atoms with van der Waals surface area (Å²) in [5.74, 6) is 1.46. The Morgan fingerprint density at radius 2 is 1.93 bits per heavy atom. The number of guanidine groups is 1. The number of sulfonamides is 1. The van der Waals surface area contributed by atoms with Crippen LogP contribution in [0.4, 0.5) is 0 Å². The maximum absolute atomic E-state index is 11.5. The first-order chi connectivity index (χ1) is 12.4. The SMILES string of the molecule is CCNC(=NCc1ccc(C)cc1OC(C)C)NCC(C)(C)NS(C)(=O)=O. The fourth-order valence-electron chi connectivity index (χ4n) is 2.50. The lowest BCUT2D eigenvalue weighted by atomic mass is 10.1. The second-order valence-electron chi connectivity index (χ2n) is 7.58. The second-order valence-corrected chi connectivity index (χ2v) is 9.33. The molecule has 0 atom stereocenters. The summed E-state index contributed by atoms with van der Waals surface area (Å²) in [6.45, 7) is 13.2. The molecule has 0 bridgehead atoms. The minimum atomic E-state index is -3.29. The summed E-state index contributed by atoms with van der Waals surface area (Å²) >= 11 is 0. The lowest BCUT2D eigenvalue weighted by molar-refractivity contribution is 0.240. The summed E-state index contributed by atoms with van der Waals surface area (Å²) in [6.07, 6.45) is 1.24. The van der Waals surface area contributed by atoms with Crippen LogP contribution in [0.15, 0.2) is 23.2 Å². The summed E-state index contributed by atoms with van der Waals surface area (Å²) in [4.78, 5) is 4.62. The molecular formula is C19H34N4O3S. The van der Waals surface area contributed by atoms with Gasteiger partial charge in [-0.25, -0.2) is 18.1 Å². The Hall–Kier alpha value is -1.80. The molecule has 0 aliphatic heterocycles. The van der Waals surface area contributed by atoms with Crippen LogP contribution >= 0.6 is 0 Å². The van der Waals surface area contributed by atoms with E-state index >= 15 is 0 Å². The molecule has 3 N–H and O–H groups in total. The number of ether oxygens (including phenoxy) is 1. The number of aliphatic imine (C=N–C) groups is 1. The van der Waals surface area contributed by atoms with E-state index in [2.05, 4.69) is 20.3 Å². The molecule has 0 aromatic heterocycles. The van der Waals surface area contributed by atoms with Crippen LogP contribution < -0.4 is 20.1 Å². The maximum atomic E-state index is 11.5. The Bertz CT molecular complexity index is 743. The van der Waals surface area contributed by atoms with Crippen LogP contribution in [0.2, 0.25) is 0 Å². The fraction of sp³-hybridized carbons (Fsp3) is 0.632. The van der Waals surface area contributed by atoms with E-state index in [0.717, 1.165) is 23.1 Å². The van der Waals surface area contributed by atoms with Gasteiger partial charge >= 0.3 is 0 Å². The standard InChI is InChI=1S/C19H34N4O3S/c1-8-20-18(22-13-19(5,6)23-27(7,24)25)21-12-16-10-9-15(4)11-17(16)26-14(2)3/h9-11,14,23H,8,12-13H2,1-7H3,(H2,20,21,22). The van der Waals surface area contributed by atoms with Crippen LogP contribution in [0.25, 0.3) is 0 Å². The van der Waals surface area contributed by atoms with Gasteiger partial charge in [0.05, 0.1) is 18.9 Å². The second kappa shape index (κ2) is 9.94. The summed E-state index contributed by atoms with van der Waals surface area (Å²) in [7, 11) is -3.29. The predicted octanol–water partition coefficient (Wildman–Crippen LogP) is 2.17. The first-order valence-corrected chi connectivity index (χ1v) is 11.1. The van der Waals surface area contributed by atoms with Crippen molar-refractivity contribution in [1.82, 2.24) is 15.4 Å². The molecule has 0 spiro atoms. The highest BCUT2D eigenvalue weighted by Crippen LogP contribution is 2.22. The monoisotopic (exact) mass is 398 g/mol. The predicted molar refractivity (Wildman–Crippen MR) is 112 cm³/mol. The molecule has 7 nitrogen and oxygen atoms in total. The molecule has 0 saturated heterocycles. The van der Waals surface area contributed by atoms with Gasteiger partial charge in [-0.2, -0.15) is 0 Å². The van der Waals surface area contributed by atoms with E-state index in [1.165, 1.54) is 0 Å². The van der Waals surface area contributed by atoms with Crippen molar-refractivity contribution in [2.75, 3.05) is 19.3 Å². The van der Waals surface area contributed by atoms with Gasteiger partial charge in [-0.15, -0.1) is 0 Å². The highest BCUT2D eigenvalue weighted by molar-refractivity contribution is 7.88. The van der Waals surface area contributed by atoms with Crippen molar-refractivity contribution in [3.05, 3.63) is 29.3 Å². The molecular weight excluding hydrogens is 364 g/mol. The largest absolute Gasteiger partial charge is 0.491 e. The minimum absolute atomic E-state index is 0.0868. The molecule has 1 aromatic rings. The summed E-state index contributed by atoms with van der Waals surface area (Å²) in [5, 5.41) is 6.38. The number of nitrogens with one attached hydrogen (secondary N) is 3. The van der Waals surface area contributed by atoms with Crippen LogP contribution in [-0.2, 0) is 16.6 Å². The van der Waals surface area contributed by atoms with Gasteiger partial charge in [0.15, 0.2) is 5.96 Å². The number of benzene rings is 1. The smallest absolute Gasteiger partial charge is 0.209 e. The first kappa shape index (κ1) is 23.2. The molecule has 0 aliphatic carbocycles. The van der Waals surface area contributed by atoms with E-state index in [1.807, 2.05) is 59.7 Å². The topological polar surface area (TPSA) is 91.8 Å². The fourth-order valence-corrected chi connectivity index (χ4v) is 3.58. The van der Waals surface area contributed by atoms with Crippen LogP contribution in [0, 0.1) is 6.92 Å². The molecule has 0 radical (unpaired) electrons. The summed E-state index contributed by atoms with van der Waals surface area (Å²) < 4.78 is 31.5. The van der Waals surface area contributed by atoms with Crippen molar-refractivity contribution >= 4 is 16.0 Å². The lowest BCUT2D eigenvalue weighted by Crippen LogP contribution is -2.53. The average Bonchev–Trinajstić information content (AvgIpc) is 2.48. The zero-order valence-corrected chi connectivity index (χ0v) is 18.3. The van der Waals surface area contributed by atoms with Gasteiger partial charge in [0.1, 0.15) is 5.75 Å². The highest BCUT2D eigenvalue weighted by atomic mass is 32.2. The van der Waals surface area contributed by atoms with Gasteiger partial charge in [-0.05, 0) is 53.2 Å². The lowest BCUT2D eigenvalue weighted by Gasteiger charge is -2.26. The van der Waals surface area contributed by atoms with E-state index in [4.69, 9.17) is 4.74 Å². The number of hydrogen-bond donors (Lipinski definition) is 3. The van der Waals surface area contributed by atoms with E-state index in [1.54, 1.807) is 0 Å². The molecule has 0 amide bonds. The Balaban J connectivity index is 2.88. The van der Waals surface area contributed by atoms with Crippen molar-refractivity contribution in [2.45, 2.75) is 59.7 Å². The van der Waals surface area contributed by atoms with Gasteiger partial charge < -0.3 is 15.4 Å². The van der Waals surface area contributed by atoms with Crippen molar-refractivity contribution < 1.29 is 13.2 Å². The Labute approximate surface area is 164 Å². The average molecular weight is 399 g/mol. The molecule has 0 saturated carbocycles. The quantitative estimate of drug-likeness (QED) is 0.438. The normalized spacial score (nSPS) is 13.0. The zero-order valence-electron chi connectivity index (χ0n) is 17.5. The Kier molecular flexibility index (Phi) is 8.56. The zero-order chi connectivity index (χ0) is 20.7. The minimum Gasteiger partial charge on any atom is -0.491 e. The molecule has 0 unspecified atom stereocenters. The van der Waals surface area contributed by atoms with E-state index < -0.39 is 15.6 Å². The molecule has 1 aromatic carbocycles. The van der Waals surface area contributed by atoms with Crippen molar-refractivity contribution in [3.8, 4) is 5.75 Å². The third-order valence-corrected chi connectivity index (χ3v) is 4.42. The number of nitrogens with zero attached hydrogens (tertiary/aromatic N) is 1. The molecule has 0 heterocycles. The van der Waals surface area contributed by atoms with Crippen molar-refractivity contribution in [2.24, 2.45) is 4.99 Å². The van der Waals surface area contributed by atoms with Crippen LogP contribution in [-0.4, -0.2) is 45.4 Å². The molecule has 0 aliphatic rings. The van der Waals surface area contributed by atoms with Gasteiger partial charge in [-0.3, -0.25) is 0 Å². The van der Waals surface area contributed by atoms with Crippen molar-refractivity contribution in [1.29, 1.82) is 0 Å².